The van der Waals surface area contributed by atoms with Gasteiger partial charge in [0.15, 0.2) is 0 Å². The molecule has 6 unspecified atom stereocenters. The lowest BCUT2D eigenvalue weighted by Gasteiger charge is -2.51. The van der Waals surface area contributed by atoms with Crippen molar-refractivity contribution in [2.24, 2.45) is 34.1 Å². The molecule has 0 saturated heterocycles. The van der Waals surface area contributed by atoms with E-state index in [4.69, 9.17) is 11.5 Å². The zero-order chi connectivity index (χ0) is 14.3. The van der Waals surface area contributed by atoms with Gasteiger partial charge in [0.25, 0.3) is 0 Å². The second-order valence-electron chi connectivity index (χ2n) is 8.36. The van der Waals surface area contributed by atoms with E-state index in [1.54, 1.807) is 0 Å². The predicted molar refractivity (Wildman–Crippen MR) is 82.8 cm³/mol. The van der Waals surface area contributed by atoms with Crippen molar-refractivity contribution in [1.29, 1.82) is 0 Å². The van der Waals surface area contributed by atoms with Gasteiger partial charge < -0.3 is 11.5 Å². The molecule has 2 aliphatic carbocycles. The maximum absolute atomic E-state index is 6.14. The Morgan fingerprint density at radius 2 is 1.21 bits per heavy atom. The molecule has 4 N–H and O–H groups in total. The molecule has 0 aromatic carbocycles. The molecule has 2 rings (SSSR count). The van der Waals surface area contributed by atoms with Crippen molar-refractivity contribution in [3.05, 3.63) is 0 Å². The summed E-state index contributed by atoms with van der Waals surface area (Å²) in [5.74, 6) is 1.52. The van der Waals surface area contributed by atoms with E-state index in [0.717, 1.165) is 11.8 Å². The summed E-state index contributed by atoms with van der Waals surface area (Å²) in [7, 11) is 0. The zero-order valence-corrected chi connectivity index (χ0v) is 13.4. The molecular weight excluding hydrogens is 232 g/mol. The molecule has 2 heteroatoms. The van der Waals surface area contributed by atoms with Crippen LogP contribution in [-0.4, -0.2) is 12.1 Å². The van der Waals surface area contributed by atoms with Gasteiger partial charge in [0, 0.05) is 12.1 Å². The van der Waals surface area contributed by atoms with E-state index >= 15 is 0 Å². The van der Waals surface area contributed by atoms with Crippen LogP contribution in [0.25, 0.3) is 0 Å². The van der Waals surface area contributed by atoms with Crippen molar-refractivity contribution in [1.82, 2.24) is 0 Å². The SMILES string of the molecule is CC1CC(N)CCC1(C)CC1(C)CCC(N)CC1C. The van der Waals surface area contributed by atoms with E-state index in [9.17, 15) is 0 Å². The highest BCUT2D eigenvalue weighted by Crippen LogP contribution is 2.53. The van der Waals surface area contributed by atoms with Crippen molar-refractivity contribution in [2.75, 3.05) is 0 Å². The maximum atomic E-state index is 6.14. The van der Waals surface area contributed by atoms with E-state index < -0.39 is 0 Å². The van der Waals surface area contributed by atoms with E-state index in [-0.39, 0.29) is 0 Å². The monoisotopic (exact) mass is 266 g/mol. The minimum absolute atomic E-state index is 0.438. The minimum atomic E-state index is 0.438. The fourth-order valence-electron chi connectivity index (χ4n) is 4.68. The van der Waals surface area contributed by atoms with Gasteiger partial charge in [-0.1, -0.05) is 27.7 Å². The summed E-state index contributed by atoms with van der Waals surface area (Å²) in [4.78, 5) is 0. The van der Waals surface area contributed by atoms with Gasteiger partial charge >= 0.3 is 0 Å². The molecule has 2 aliphatic rings. The average Bonchev–Trinajstić information content (AvgIpc) is 2.31. The van der Waals surface area contributed by atoms with Crippen molar-refractivity contribution < 1.29 is 0 Å². The van der Waals surface area contributed by atoms with Crippen LogP contribution < -0.4 is 11.5 Å². The fraction of sp³-hybridized carbons (Fsp3) is 1.00. The van der Waals surface area contributed by atoms with Crippen LogP contribution in [0.5, 0.6) is 0 Å². The largest absolute Gasteiger partial charge is 0.328 e. The predicted octanol–water partition coefficient (Wildman–Crippen LogP) is 3.68. The molecule has 0 aromatic heterocycles. The van der Waals surface area contributed by atoms with Gasteiger partial charge in [0.2, 0.25) is 0 Å². The van der Waals surface area contributed by atoms with Gasteiger partial charge in [0.1, 0.15) is 0 Å². The molecule has 6 atom stereocenters. The van der Waals surface area contributed by atoms with Gasteiger partial charge in [-0.2, -0.15) is 0 Å². The van der Waals surface area contributed by atoms with Crippen LogP contribution in [0.3, 0.4) is 0 Å². The number of nitrogens with two attached hydrogens (primary N) is 2. The summed E-state index contributed by atoms with van der Waals surface area (Å²) in [6.45, 7) is 9.86. The van der Waals surface area contributed by atoms with Gasteiger partial charge in [0.05, 0.1) is 0 Å². The molecule has 112 valence electrons. The first kappa shape index (κ1) is 15.3. The third-order valence-electron chi connectivity index (χ3n) is 6.67. The second kappa shape index (κ2) is 5.37. The second-order valence-corrected chi connectivity index (χ2v) is 8.36. The van der Waals surface area contributed by atoms with Crippen LogP contribution in [0.15, 0.2) is 0 Å². The summed E-state index contributed by atoms with van der Waals surface area (Å²) in [5, 5.41) is 0. The highest BCUT2D eigenvalue weighted by atomic mass is 14.7. The standard InChI is InChI=1S/C17H34N2/c1-12-9-14(18)5-7-16(12,3)11-17(4)8-6-15(19)10-13(17)2/h12-15H,5-11,18-19H2,1-4H3. The van der Waals surface area contributed by atoms with Crippen LogP contribution in [0.1, 0.15) is 72.6 Å². The summed E-state index contributed by atoms with van der Waals surface area (Å²) < 4.78 is 0. The van der Waals surface area contributed by atoms with Crippen molar-refractivity contribution in [2.45, 2.75) is 84.7 Å². The molecule has 0 spiro atoms. The highest BCUT2D eigenvalue weighted by Gasteiger charge is 2.45. The lowest BCUT2D eigenvalue weighted by atomic mass is 9.55. The van der Waals surface area contributed by atoms with Crippen molar-refractivity contribution in [3.8, 4) is 0 Å². The van der Waals surface area contributed by atoms with Gasteiger partial charge in [-0.15, -0.1) is 0 Å². The molecule has 2 nitrogen and oxygen atoms in total. The van der Waals surface area contributed by atoms with E-state index in [1.807, 2.05) is 0 Å². The molecule has 0 aromatic rings. The summed E-state index contributed by atoms with van der Waals surface area (Å²) in [6.07, 6.45) is 8.83. The van der Waals surface area contributed by atoms with E-state index in [2.05, 4.69) is 27.7 Å². The van der Waals surface area contributed by atoms with Crippen LogP contribution in [0.2, 0.25) is 0 Å². The van der Waals surface area contributed by atoms with Crippen LogP contribution >= 0.6 is 0 Å². The molecule has 0 radical (unpaired) electrons. The molecule has 2 saturated carbocycles. The fourth-order valence-corrected chi connectivity index (χ4v) is 4.68. The molecule has 0 heterocycles. The highest BCUT2D eigenvalue weighted by molar-refractivity contribution is 4.97. The third kappa shape index (κ3) is 3.16. The topological polar surface area (TPSA) is 52.0 Å². The zero-order valence-electron chi connectivity index (χ0n) is 13.4. The summed E-state index contributed by atoms with van der Waals surface area (Å²) in [5.41, 5.74) is 13.3. The Balaban J connectivity index is 2.06. The van der Waals surface area contributed by atoms with Crippen LogP contribution in [0, 0.1) is 22.7 Å². The Labute approximate surface area is 119 Å². The number of rotatable bonds is 2. The van der Waals surface area contributed by atoms with Gasteiger partial charge in [-0.25, -0.2) is 0 Å². The van der Waals surface area contributed by atoms with Crippen LogP contribution in [-0.2, 0) is 0 Å². The Kier molecular flexibility index (Phi) is 4.32. The minimum Gasteiger partial charge on any atom is -0.328 e. The van der Waals surface area contributed by atoms with E-state index in [0.29, 0.717) is 22.9 Å². The lowest BCUT2D eigenvalue weighted by Crippen LogP contribution is -2.45. The molecular formula is C17H34N2. The lowest BCUT2D eigenvalue weighted by molar-refractivity contribution is 0.00282. The Morgan fingerprint density at radius 3 is 1.53 bits per heavy atom. The summed E-state index contributed by atoms with van der Waals surface area (Å²) >= 11 is 0. The first-order valence-electron chi connectivity index (χ1n) is 8.26. The molecule has 0 aliphatic heterocycles. The Hall–Kier alpha value is -0.0800. The third-order valence-corrected chi connectivity index (χ3v) is 6.67. The average molecular weight is 266 g/mol. The van der Waals surface area contributed by atoms with Crippen LogP contribution in [0.4, 0.5) is 0 Å². The summed E-state index contributed by atoms with van der Waals surface area (Å²) in [6, 6.07) is 0.876. The Bertz CT molecular complexity index is 286. The number of hydrogen-bond donors (Lipinski definition) is 2. The first-order chi connectivity index (χ1) is 8.75. The Morgan fingerprint density at radius 1 is 0.842 bits per heavy atom. The maximum Gasteiger partial charge on any atom is 0.00417 e. The van der Waals surface area contributed by atoms with Crippen molar-refractivity contribution in [3.63, 3.8) is 0 Å². The molecule has 2 fully saturated rings. The van der Waals surface area contributed by atoms with E-state index in [1.165, 1.54) is 44.9 Å². The number of hydrogen-bond acceptors (Lipinski definition) is 2. The van der Waals surface area contributed by atoms with Gasteiger partial charge in [-0.05, 0) is 67.6 Å². The molecule has 19 heavy (non-hydrogen) atoms. The normalized spacial score (nSPS) is 52.1. The van der Waals surface area contributed by atoms with Gasteiger partial charge in [-0.3, -0.25) is 0 Å². The molecule has 0 amide bonds. The quantitative estimate of drug-likeness (QED) is 0.801. The van der Waals surface area contributed by atoms with Crippen molar-refractivity contribution >= 4 is 0 Å². The molecule has 0 bridgehead atoms. The first-order valence-corrected chi connectivity index (χ1v) is 8.26. The smallest absolute Gasteiger partial charge is 0.00417 e.